The number of carboxylic acid groups (broad SMARTS) is 1. The normalized spacial score (nSPS) is 10.6. The molecule has 0 unspecified atom stereocenters. The van der Waals surface area contributed by atoms with Gasteiger partial charge in [0.25, 0.3) is 0 Å². The van der Waals surface area contributed by atoms with Crippen molar-refractivity contribution in [2.75, 3.05) is 20.1 Å². The van der Waals surface area contributed by atoms with E-state index in [1.807, 2.05) is 20.9 Å². The third-order valence-corrected chi connectivity index (χ3v) is 3.08. The Balaban J connectivity index is 4.27. The Labute approximate surface area is 116 Å². The fraction of sp³-hybridized carbons (Fsp3) is 0.857. The molecule has 19 heavy (non-hydrogen) atoms. The van der Waals surface area contributed by atoms with Gasteiger partial charge >= 0.3 is 12.0 Å². The molecule has 0 saturated heterocycles. The average Bonchev–Trinajstić information content (AvgIpc) is 2.33. The Morgan fingerprint density at radius 1 is 1.11 bits per heavy atom. The Hall–Kier alpha value is -1.26. The van der Waals surface area contributed by atoms with Crippen molar-refractivity contribution in [3.63, 3.8) is 0 Å². The predicted octanol–water partition coefficient (Wildman–Crippen LogP) is 2.80. The number of carboxylic acids is 1. The number of nitrogens with zero attached hydrogens (tertiary/aromatic N) is 2. The van der Waals surface area contributed by atoms with E-state index in [0.29, 0.717) is 13.0 Å². The summed E-state index contributed by atoms with van der Waals surface area (Å²) in [5.74, 6) is -0.813. The van der Waals surface area contributed by atoms with Gasteiger partial charge in [0.15, 0.2) is 0 Å². The summed E-state index contributed by atoms with van der Waals surface area (Å²) >= 11 is 0. The second-order valence-electron chi connectivity index (χ2n) is 5.20. The summed E-state index contributed by atoms with van der Waals surface area (Å²) in [5, 5.41) is 8.64. The summed E-state index contributed by atoms with van der Waals surface area (Å²) in [6.07, 6.45) is 3.88. The Bertz CT molecular complexity index is 280. The lowest BCUT2D eigenvalue weighted by atomic mass is 10.2. The van der Waals surface area contributed by atoms with Crippen molar-refractivity contribution in [3.8, 4) is 0 Å². The summed E-state index contributed by atoms with van der Waals surface area (Å²) in [6.45, 7) is 7.31. The van der Waals surface area contributed by atoms with Gasteiger partial charge in [-0.1, -0.05) is 19.8 Å². The van der Waals surface area contributed by atoms with E-state index < -0.39 is 5.97 Å². The van der Waals surface area contributed by atoms with Crippen molar-refractivity contribution in [2.24, 2.45) is 0 Å². The molecule has 1 N–H and O–H groups in total. The predicted molar refractivity (Wildman–Crippen MR) is 76.3 cm³/mol. The first kappa shape index (κ1) is 17.7. The molecule has 0 aliphatic heterocycles. The van der Waals surface area contributed by atoms with Crippen LogP contribution in [0.3, 0.4) is 0 Å². The first-order chi connectivity index (χ1) is 8.90. The third-order valence-electron chi connectivity index (χ3n) is 3.08. The highest BCUT2D eigenvalue weighted by atomic mass is 16.4. The second kappa shape index (κ2) is 9.64. The SMILES string of the molecule is CCCCCN(C)C(=O)N(CCCC(=O)O)C(C)C. The number of amides is 2. The number of rotatable bonds is 9. The van der Waals surface area contributed by atoms with E-state index in [1.165, 1.54) is 0 Å². The first-order valence-electron chi connectivity index (χ1n) is 7.13. The highest BCUT2D eigenvalue weighted by Gasteiger charge is 2.20. The number of aliphatic carboxylic acids is 1. The van der Waals surface area contributed by atoms with Gasteiger partial charge in [-0.3, -0.25) is 4.79 Å². The van der Waals surface area contributed by atoms with Crippen LogP contribution in [-0.4, -0.2) is 53.1 Å². The lowest BCUT2D eigenvalue weighted by Crippen LogP contribution is -2.45. The zero-order chi connectivity index (χ0) is 14.8. The Morgan fingerprint density at radius 3 is 2.21 bits per heavy atom. The summed E-state index contributed by atoms with van der Waals surface area (Å²) in [6, 6.07) is 0.0893. The van der Waals surface area contributed by atoms with Gasteiger partial charge < -0.3 is 14.9 Å². The van der Waals surface area contributed by atoms with Crippen LogP contribution >= 0.6 is 0 Å². The van der Waals surface area contributed by atoms with Gasteiger partial charge in [-0.05, 0) is 26.7 Å². The number of hydrogen-bond acceptors (Lipinski definition) is 2. The maximum atomic E-state index is 12.3. The number of urea groups is 1. The molecule has 0 rings (SSSR count). The largest absolute Gasteiger partial charge is 0.481 e. The maximum Gasteiger partial charge on any atom is 0.319 e. The first-order valence-corrected chi connectivity index (χ1v) is 7.13. The van der Waals surface area contributed by atoms with E-state index in [1.54, 1.807) is 9.80 Å². The molecule has 5 heteroatoms. The summed E-state index contributed by atoms with van der Waals surface area (Å²) in [5.41, 5.74) is 0. The molecule has 0 aliphatic carbocycles. The Morgan fingerprint density at radius 2 is 1.74 bits per heavy atom. The van der Waals surface area contributed by atoms with Crippen LogP contribution in [0.25, 0.3) is 0 Å². The summed E-state index contributed by atoms with van der Waals surface area (Å²) in [4.78, 5) is 26.3. The van der Waals surface area contributed by atoms with Crippen LogP contribution < -0.4 is 0 Å². The molecule has 0 fully saturated rings. The lowest BCUT2D eigenvalue weighted by molar-refractivity contribution is -0.137. The molecule has 0 heterocycles. The molecule has 0 aromatic heterocycles. The fourth-order valence-corrected chi connectivity index (χ4v) is 1.89. The van der Waals surface area contributed by atoms with E-state index in [2.05, 4.69) is 6.92 Å². The average molecular weight is 272 g/mol. The van der Waals surface area contributed by atoms with Gasteiger partial charge in [0.2, 0.25) is 0 Å². The zero-order valence-electron chi connectivity index (χ0n) is 12.7. The fourth-order valence-electron chi connectivity index (χ4n) is 1.89. The molecule has 0 atom stereocenters. The standard InChI is InChI=1S/C14H28N2O3/c1-5-6-7-10-15(4)14(19)16(12(2)3)11-8-9-13(17)18/h12H,5-11H2,1-4H3,(H,17,18). The highest BCUT2D eigenvalue weighted by molar-refractivity contribution is 5.74. The van der Waals surface area contributed by atoms with E-state index in [0.717, 1.165) is 25.8 Å². The third kappa shape index (κ3) is 7.70. The van der Waals surface area contributed by atoms with E-state index in [4.69, 9.17) is 5.11 Å². The number of carbonyl (C=O) groups excluding carboxylic acids is 1. The van der Waals surface area contributed by atoms with Gasteiger partial charge in [-0.2, -0.15) is 0 Å². The highest BCUT2D eigenvalue weighted by Crippen LogP contribution is 2.07. The molecule has 0 aliphatic rings. The van der Waals surface area contributed by atoms with Crippen molar-refractivity contribution in [2.45, 2.75) is 58.9 Å². The van der Waals surface area contributed by atoms with Gasteiger partial charge in [0.05, 0.1) is 0 Å². The topological polar surface area (TPSA) is 60.9 Å². The molecule has 0 radical (unpaired) electrons. The lowest BCUT2D eigenvalue weighted by Gasteiger charge is -2.31. The van der Waals surface area contributed by atoms with Gasteiger partial charge in [0, 0.05) is 32.6 Å². The van der Waals surface area contributed by atoms with Crippen LogP contribution in [0.15, 0.2) is 0 Å². The molecule has 0 aromatic carbocycles. The quantitative estimate of drug-likeness (QED) is 0.656. The number of unbranched alkanes of at least 4 members (excludes halogenated alkanes) is 2. The minimum Gasteiger partial charge on any atom is -0.481 e. The van der Waals surface area contributed by atoms with E-state index in [9.17, 15) is 9.59 Å². The van der Waals surface area contributed by atoms with Crippen LogP contribution in [0.1, 0.15) is 52.9 Å². The number of carbonyl (C=O) groups is 2. The summed E-state index contributed by atoms with van der Waals surface area (Å²) < 4.78 is 0. The molecule has 0 aromatic rings. The van der Waals surface area contributed by atoms with E-state index in [-0.39, 0.29) is 18.5 Å². The van der Waals surface area contributed by atoms with Crippen LogP contribution in [0.2, 0.25) is 0 Å². The van der Waals surface area contributed by atoms with Gasteiger partial charge in [-0.15, -0.1) is 0 Å². The van der Waals surface area contributed by atoms with Crippen molar-refractivity contribution in [1.29, 1.82) is 0 Å². The second-order valence-corrected chi connectivity index (χ2v) is 5.20. The maximum absolute atomic E-state index is 12.3. The minimum absolute atomic E-state index is 0.00325. The molecule has 0 bridgehead atoms. The molecular weight excluding hydrogens is 244 g/mol. The molecule has 2 amide bonds. The number of hydrogen-bond donors (Lipinski definition) is 1. The van der Waals surface area contributed by atoms with Crippen molar-refractivity contribution in [1.82, 2.24) is 9.80 Å². The van der Waals surface area contributed by atoms with Gasteiger partial charge in [-0.25, -0.2) is 4.79 Å². The van der Waals surface area contributed by atoms with Crippen molar-refractivity contribution in [3.05, 3.63) is 0 Å². The minimum atomic E-state index is -0.813. The van der Waals surface area contributed by atoms with Crippen molar-refractivity contribution >= 4 is 12.0 Å². The molecule has 0 spiro atoms. The van der Waals surface area contributed by atoms with Gasteiger partial charge in [0.1, 0.15) is 0 Å². The molecule has 5 nitrogen and oxygen atoms in total. The van der Waals surface area contributed by atoms with Crippen LogP contribution in [0.5, 0.6) is 0 Å². The smallest absolute Gasteiger partial charge is 0.319 e. The Kier molecular flexibility index (Phi) is 9.00. The van der Waals surface area contributed by atoms with E-state index >= 15 is 0 Å². The van der Waals surface area contributed by atoms with Crippen LogP contribution in [0.4, 0.5) is 4.79 Å². The zero-order valence-corrected chi connectivity index (χ0v) is 12.7. The van der Waals surface area contributed by atoms with Crippen LogP contribution in [-0.2, 0) is 4.79 Å². The molecular formula is C14H28N2O3. The monoisotopic (exact) mass is 272 g/mol. The molecule has 112 valence electrons. The summed E-state index contributed by atoms with van der Waals surface area (Å²) in [7, 11) is 1.81. The molecule has 0 saturated carbocycles. The van der Waals surface area contributed by atoms with Crippen LogP contribution in [0, 0.1) is 0 Å². The van der Waals surface area contributed by atoms with Crippen molar-refractivity contribution < 1.29 is 14.7 Å².